The van der Waals surface area contributed by atoms with E-state index in [-0.39, 0.29) is 13.1 Å². The fourth-order valence-electron chi connectivity index (χ4n) is 0.595. The number of rotatable bonds is 1. The summed E-state index contributed by atoms with van der Waals surface area (Å²) < 4.78 is 21.7. The van der Waals surface area contributed by atoms with Crippen molar-refractivity contribution in [2.24, 2.45) is 0 Å². The third kappa shape index (κ3) is 1.54. The van der Waals surface area contributed by atoms with Crippen LogP contribution in [-0.4, -0.2) is 37.0 Å². The van der Waals surface area contributed by atoms with E-state index in [4.69, 9.17) is 15.8 Å². The maximum absolute atomic E-state index is 10.3. The first-order valence-corrected chi connectivity index (χ1v) is 4.64. The van der Waals surface area contributed by atoms with Crippen LogP contribution in [0.4, 0.5) is 0 Å². The first-order valence-electron chi connectivity index (χ1n) is 2.38. The smallest absolute Gasteiger partial charge is 0.299 e. The molecule has 0 spiro atoms. The molecule has 1 N–H and O–H groups in total. The predicted molar refractivity (Wildman–Crippen MR) is 32.4 cm³/mol. The topological polar surface area (TPSA) is 57.6 Å². The van der Waals surface area contributed by atoms with Gasteiger partial charge in [0.05, 0.1) is 6.10 Å². The van der Waals surface area contributed by atoms with Crippen molar-refractivity contribution in [2.45, 2.75) is 6.10 Å². The number of nitrogens with zero attached hydrogens (tertiary/aromatic N) is 1. The van der Waals surface area contributed by atoms with Gasteiger partial charge in [-0.25, -0.2) is 0 Å². The van der Waals surface area contributed by atoms with E-state index in [0.29, 0.717) is 0 Å². The van der Waals surface area contributed by atoms with Crippen LogP contribution in [0.3, 0.4) is 0 Å². The molecule has 0 unspecified atom stereocenters. The highest BCUT2D eigenvalue weighted by molar-refractivity contribution is 8.11. The van der Waals surface area contributed by atoms with E-state index in [0.717, 1.165) is 4.31 Å². The number of β-amino-alcohol motifs (C(OH)–C–C–N with tert-alkyl or cyclic N) is 1. The molecule has 0 saturated carbocycles. The standard InChI is InChI=1S/C3H6ClNO3S/c4-9(7,8)5-1-3(6)2-5/h3,6H,1-2H2. The Morgan fingerprint density at radius 1 is 1.56 bits per heavy atom. The Balaban J connectivity index is 2.51. The van der Waals surface area contributed by atoms with Crippen molar-refractivity contribution in [3.63, 3.8) is 0 Å². The molecular formula is C3H6ClNO3S. The number of aliphatic hydroxyl groups is 1. The maximum Gasteiger partial charge on any atom is 0.299 e. The molecule has 0 aliphatic carbocycles. The highest BCUT2D eigenvalue weighted by Crippen LogP contribution is 2.15. The van der Waals surface area contributed by atoms with Gasteiger partial charge in [0.15, 0.2) is 0 Å². The molecule has 1 fully saturated rings. The third-order valence-electron chi connectivity index (χ3n) is 1.14. The van der Waals surface area contributed by atoms with Gasteiger partial charge in [-0.1, -0.05) is 0 Å². The van der Waals surface area contributed by atoms with Crippen molar-refractivity contribution in [2.75, 3.05) is 13.1 Å². The van der Waals surface area contributed by atoms with Gasteiger partial charge < -0.3 is 5.11 Å². The first kappa shape index (κ1) is 7.27. The highest BCUT2D eigenvalue weighted by atomic mass is 35.7. The van der Waals surface area contributed by atoms with Crippen molar-refractivity contribution < 1.29 is 13.5 Å². The summed E-state index contributed by atoms with van der Waals surface area (Å²) in [5.74, 6) is 0. The average Bonchev–Trinajstić information content (AvgIpc) is 1.55. The zero-order chi connectivity index (χ0) is 7.07. The fourth-order valence-corrected chi connectivity index (χ4v) is 1.63. The minimum atomic E-state index is -3.55. The summed E-state index contributed by atoms with van der Waals surface area (Å²) in [6.45, 7) is 0.262. The van der Waals surface area contributed by atoms with E-state index in [1.165, 1.54) is 0 Å². The Morgan fingerprint density at radius 3 is 2.11 bits per heavy atom. The molecule has 0 atom stereocenters. The van der Waals surface area contributed by atoms with Crippen molar-refractivity contribution in [3.8, 4) is 0 Å². The van der Waals surface area contributed by atoms with E-state index in [2.05, 4.69) is 0 Å². The van der Waals surface area contributed by atoms with E-state index in [9.17, 15) is 8.42 Å². The van der Waals surface area contributed by atoms with Gasteiger partial charge in [0.2, 0.25) is 0 Å². The van der Waals surface area contributed by atoms with E-state index >= 15 is 0 Å². The zero-order valence-corrected chi connectivity index (χ0v) is 6.06. The predicted octanol–water partition coefficient (Wildman–Crippen LogP) is -0.853. The summed E-state index contributed by atoms with van der Waals surface area (Å²) in [5.41, 5.74) is 0. The minimum Gasteiger partial charge on any atom is -0.390 e. The molecule has 0 bridgehead atoms. The average molecular weight is 172 g/mol. The summed E-state index contributed by atoms with van der Waals surface area (Å²) >= 11 is 0. The zero-order valence-electron chi connectivity index (χ0n) is 4.49. The van der Waals surface area contributed by atoms with Crippen LogP contribution in [-0.2, 0) is 9.24 Å². The van der Waals surface area contributed by atoms with Crippen LogP contribution in [0, 0.1) is 0 Å². The van der Waals surface area contributed by atoms with Crippen LogP contribution in [0.2, 0.25) is 0 Å². The van der Waals surface area contributed by atoms with Crippen LogP contribution in [0.1, 0.15) is 0 Å². The van der Waals surface area contributed by atoms with Crippen molar-refractivity contribution in [1.29, 1.82) is 0 Å². The molecule has 4 nitrogen and oxygen atoms in total. The first-order chi connectivity index (χ1) is 4.00. The molecule has 6 heteroatoms. The van der Waals surface area contributed by atoms with Gasteiger partial charge in [-0.2, -0.15) is 12.7 Å². The molecule has 54 valence electrons. The lowest BCUT2D eigenvalue weighted by atomic mass is 10.2. The lowest BCUT2D eigenvalue weighted by Gasteiger charge is -2.31. The molecule has 1 aliphatic rings. The SMILES string of the molecule is O=S(=O)(Cl)N1CC(O)C1. The maximum atomic E-state index is 10.3. The quantitative estimate of drug-likeness (QED) is 0.523. The highest BCUT2D eigenvalue weighted by Gasteiger charge is 2.32. The molecule has 0 amide bonds. The van der Waals surface area contributed by atoms with E-state index < -0.39 is 15.3 Å². The summed E-state index contributed by atoms with van der Waals surface area (Å²) in [7, 11) is 1.33. The van der Waals surface area contributed by atoms with Gasteiger partial charge in [-0.15, -0.1) is 0 Å². The van der Waals surface area contributed by atoms with Crippen LogP contribution in [0.15, 0.2) is 0 Å². The Bertz CT molecular complexity index is 195. The van der Waals surface area contributed by atoms with Gasteiger partial charge in [0, 0.05) is 23.8 Å². The van der Waals surface area contributed by atoms with Crippen molar-refractivity contribution in [3.05, 3.63) is 0 Å². The van der Waals surface area contributed by atoms with Gasteiger partial charge >= 0.3 is 0 Å². The minimum absolute atomic E-state index is 0.131. The van der Waals surface area contributed by atoms with Gasteiger partial charge in [-0.3, -0.25) is 0 Å². The molecule has 0 aromatic heterocycles. The van der Waals surface area contributed by atoms with Crippen LogP contribution < -0.4 is 0 Å². The molecule has 0 radical (unpaired) electrons. The van der Waals surface area contributed by atoms with Gasteiger partial charge in [0.1, 0.15) is 0 Å². The molecule has 1 heterocycles. The number of halogens is 1. The second-order valence-corrected chi connectivity index (χ2v) is 4.42. The second kappa shape index (κ2) is 2.09. The summed E-state index contributed by atoms with van der Waals surface area (Å²) in [5, 5.41) is 8.62. The van der Waals surface area contributed by atoms with E-state index in [1.54, 1.807) is 0 Å². The Kier molecular flexibility index (Phi) is 1.69. The lowest BCUT2D eigenvalue weighted by molar-refractivity contribution is 0.0563. The van der Waals surface area contributed by atoms with Gasteiger partial charge in [0.25, 0.3) is 9.24 Å². The van der Waals surface area contributed by atoms with Crippen LogP contribution in [0.25, 0.3) is 0 Å². The molecular weight excluding hydrogens is 166 g/mol. The van der Waals surface area contributed by atoms with Crippen molar-refractivity contribution >= 4 is 19.9 Å². The summed E-state index contributed by atoms with van der Waals surface area (Å²) in [6, 6.07) is 0. The van der Waals surface area contributed by atoms with E-state index in [1.807, 2.05) is 0 Å². The normalized spacial score (nSPS) is 23.8. The number of hydrogen-bond acceptors (Lipinski definition) is 3. The van der Waals surface area contributed by atoms with Crippen LogP contribution >= 0.6 is 10.7 Å². The molecule has 1 rings (SSSR count). The molecule has 1 saturated heterocycles. The molecule has 9 heavy (non-hydrogen) atoms. The Labute approximate surface area is 57.6 Å². The lowest BCUT2D eigenvalue weighted by Crippen LogP contribution is -2.51. The summed E-state index contributed by atoms with van der Waals surface area (Å²) in [4.78, 5) is 0. The van der Waals surface area contributed by atoms with Crippen LogP contribution in [0.5, 0.6) is 0 Å². The molecule has 0 aromatic rings. The molecule has 0 aromatic carbocycles. The number of hydrogen-bond donors (Lipinski definition) is 1. The Morgan fingerprint density at radius 2 is 2.00 bits per heavy atom. The Hall–Kier alpha value is 0.160. The van der Waals surface area contributed by atoms with Gasteiger partial charge in [-0.05, 0) is 0 Å². The second-order valence-electron chi connectivity index (χ2n) is 1.91. The van der Waals surface area contributed by atoms with Crippen molar-refractivity contribution in [1.82, 2.24) is 4.31 Å². The monoisotopic (exact) mass is 171 g/mol. The fraction of sp³-hybridized carbons (Fsp3) is 1.00. The largest absolute Gasteiger partial charge is 0.390 e. The number of aliphatic hydroxyl groups excluding tert-OH is 1. The molecule has 1 aliphatic heterocycles. The summed E-state index contributed by atoms with van der Waals surface area (Å²) in [6.07, 6.45) is -0.529. The third-order valence-corrected chi connectivity index (χ3v) is 2.64.